The van der Waals surface area contributed by atoms with Gasteiger partial charge in [0.05, 0.1) is 13.2 Å². The van der Waals surface area contributed by atoms with E-state index in [0.717, 1.165) is 37.3 Å². The van der Waals surface area contributed by atoms with Crippen molar-refractivity contribution in [2.45, 2.75) is 19.1 Å². The summed E-state index contributed by atoms with van der Waals surface area (Å²) < 4.78 is 11.6. The maximum Gasteiger partial charge on any atom is 0.183 e. The molecule has 1 aliphatic rings. The Labute approximate surface area is 119 Å². The molecular weight excluding hydrogens is 250 g/mol. The van der Waals surface area contributed by atoms with E-state index in [0.29, 0.717) is 5.92 Å². The van der Waals surface area contributed by atoms with Crippen molar-refractivity contribution in [3.8, 4) is 0 Å². The molecule has 1 aromatic carbocycles. The fourth-order valence-corrected chi connectivity index (χ4v) is 2.41. The van der Waals surface area contributed by atoms with Crippen molar-refractivity contribution in [2.75, 3.05) is 13.2 Å². The number of rotatable bonds is 4. The molecule has 0 saturated carbocycles. The Morgan fingerprint density at radius 3 is 2.40 bits per heavy atom. The predicted octanol–water partition coefficient (Wildman–Crippen LogP) is 3.38. The zero-order valence-electron chi connectivity index (χ0n) is 11.4. The van der Waals surface area contributed by atoms with Gasteiger partial charge in [0.25, 0.3) is 0 Å². The van der Waals surface area contributed by atoms with E-state index < -0.39 is 0 Å². The van der Waals surface area contributed by atoms with E-state index in [1.807, 2.05) is 48.7 Å². The first-order valence-electron chi connectivity index (χ1n) is 7.10. The van der Waals surface area contributed by atoms with Gasteiger partial charge in [-0.15, -0.1) is 0 Å². The molecule has 0 bridgehead atoms. The molecule has 0 aliphatic carbocycles. The van der Waals surface area contributed by atoms with Gasteiger partial charge in [0.2, 0.25) is 0 Å². The Balaban J connectivity index is 1.47. The van der Waals surface area contributed by atoms with Crippen LogP contribution in [0.25, 0.3) is 0 Å². The van der Waals surface area contributed by atoms with Gasteiger partial charge in [-0.2, -0.15) is 0 Å². The monoisotopic (exact) mass is 269 g/mol. The van der Waals surface area contributed by atoms with Crippen molar-refractivity contribution in [1.29, 1.82) is 0 Å². The number of benzene rings is 1. The molecule has 20 heavy (non-hydrogen) atoms. The first kappa shape index (κ1) is 13.3. The second-order valence-electron chi connectivity index (χ2n) is 5.14. The van der Waals surface area contributed by atoms with E-state index in [1.54, 1.807) is 0 Å². The Hall–Kier alpha value is -1.71. The van der Waals surface area contributed by atoms with Crippen LogP contribution in [0.1, 0.15) is 24.0 Å². The van der Waals surface area contributed by atoms with Crippen LogP contribution in [0.15, 0.2) is 54.7 Å². The van der Waals surface area contributed by atoms with Gasteiger partial charge in [0, 0.05) is 23.4 Å². The summed E-state index contributed by atoms with van der Waals surface area (Å²) in [6.07, 6.45) is 3.67. The van der Waals surface area contributed by atoms with E-state index in [-0.39, 0.29) is 6.29 Å². The Morgan fingerprint density at radius 2 is 1.70 bits per heavy atom. The summed E-state index contributed by atoms with van der Waals surface area (Å²) in [5, 5.41) is 0. The lowest BCUT2D eigenvalue weighted by molar-refractivity contribution is -0.205. The maximum atomic E-state index is 5.82. The van der Waals surface area contributed by atoms with Crippen molar-refractivity contribution in [3.05, 3.63) is 66.0 Å². The first-order chi connectivity index (χ1) is 9.92. The lowest BCUT2D eigenvalue weighted by Gasteiger charge is -2.29. The molecule has 3 nitrogen and oxygen atoms in total. The minimum atomic E-state index is -0.206. The van der Waals surface area contributed by atoms with E-state index in [2.05, 4.69) is 11.1 Å². The van der Waals surface area contributed by atoms with Gasteiger partial charge in [-0.3, -0.25) is 4.98 Å². The minimum Gasteiger partial charge on any atom is -0.348 e. The molecule has 2 heterocycles. The smallest absolute Gasteiger partial charge is 0.183 e. The van der Waals surface area contributed by atoms with Crippen LogP contribution < -0.4 is 0 Å². The van der Waals surface area contributed by atoms with E-state index >= 15 is 0 Å². The molecule has 0 amide bonds. The molecule has 0 radical (unpaired) electrons. The van der Waals surface area contributed by atoms with Crippen molar-refractivity contribution >= 4 is 0 Å². The van der Waals surface area contributed by atoms with Crippen LogP contribution >= 0.6 is 0 Å². The highest BCUT2D eigenvalue weighted by molar-refractivity contribution is 5.16. The minimum absolute atomic E-state index is 0.206. The molecule has 1 fully saturated rings. The summed E-state index contributed by atoms with van der Waals surface area (Å²) in [4.78, 5) is 4.34. The number of aromatic nitrogens is 1. The Kier molecular flexibility index (Phi) is 4.41. The molecule has 0 N–H and O–H groups in total. The highest BCUT2D eigenvalue weighted by atomic mass is 16.7. The van der Waals surface area contributed by atoms with Gasteiger partial charge in [0.15, 0.2) is 6.29 Å². The molecule has 3 heteroatoms. The van der Waals surface area contributed by atoms with Crippen molar-refractivity contribution < 1.29 is 9.47 Å². The fourth-order valence-electron chi connectivity index (χ4n) is 2.41. The number of ether oxygens (including phenoxy) is 2. The molecule has 3 rings (SSSR count). The largest absolute Gasteiger partial charge is 0.348 e. The van der Waals surface area contributed by atoms with Crippen molar-refractivity contribution in [3.63, 3.8) is 0 Å². The predicted molar refractivity (Wildman–Crippen MR) is 77.1 cm³/mol. The topological polar surface area (TPSA) is 31.4 Å². The van der Waals surface area contributed by atoms with Gasteiger partial charge in [-0.05, 0) is 25.0 Å². The van der Waals surface area contributed by atoms with Crippen LogP contribution in [0.3, 0.4) is 0 Å². The van der Waals surface area contributed by atoms with Crippen LogP contribution in [-0.4, -0.2) is 18.2 Å². The summed E-state index contributed by atoms with van der Waals surface area (Å²) in [7, 11) is 0. The van der Waals surface area contributed by atoms with Gasteiger partial charge in [-0.1, -0.05) is 36.4 Å². The van der Waals surface area contributed by atoms with Crippen LogP contribution in [0.2, 0.25) is 0 Å². The van der Waals surface area contributed by atoms with E-state index in [4.69, 9.17) is 9.47 Å². The molecule has 0 atom stereocenters. The number of nitrogens with zero attached hydrogens (tertiary/aromatic N) is 1. The third-order valence-corrected chi connectivity index (χ3v) is 3.57. The highest BCUT2D eigenvalue weighted by Crippen LogP contribution is 2.26. The van der Waals surface area contributed by atoms with E-state index in [1.165, 1.54) is 0 Å². The highest BCUT2D eigenvalue weighted by Gasteiger charge is 2.23. The van der Waals surface area contributed by atoms with Gasteiger partial charge >= 0.3 is 0 Å². The van der Waals surface area contributed by atoms with Gasteiger partial charge in [-0.25, -0.2) is 0 Å². The standard InChI is InChI=1S/C17H19NO2/c1-2-6-15(7-3-1)17-19-12-14(13-20-17)9-10-16-8-4-5-11-18-16/h1-8,11,14,17H,9-10,12-13H2. The van der Waals surface area contributed by atoms with Gasteiger partial charge in [0.1, 0.15) is 0 Å². The summed E-state index contributed by atoms with van der Waals surface area (Å²) in [5.74, 6) is 0.456. The summed E-state index contributed by atoms with van der Waals surface area (Å²) in [6, 6.07) is 16.1. The van der Waals surface area contributed by atoms with Crippen molar-refractivity contribution in [2.24, 2.45) is 5.92 Å². The third kappa shape index (κ3) is 3.44. The van der Waals surface area contributed by atoms with Crippen molar-refractivity contribution in [1.82, 2.24) is 4.98 Å². The van der Waals surface area contributed by atoms with Crippen LogP contribution in [0, 0.1) is 5.92 Å². The zero-order valence-corrected chi connectivity index (χ0v) is 11.4. The summed E-state index contributed by atoms with van der Waals surface area (Å²) >= 11 is 0. The average molecular weight is 269 g/mol. The molecule has 0 unspecified atom stereocenters. The number of pyridine rings is 1. The third-order valence-electron chi connectivity index (χ3n) is 3.57. The molecule has 1 aromatic heterocycles. The second-order valence-corrected chi connectivity index (χ2v) is 5.14. The molecular formula is C17H19NO2. The molecule has 1 aliphatic heterocycles. The quantitative estimate of drug-likeness (QED) is 0.852. The van der Waals surface area contributed by atoms with E-state index in [9.17, 15) is 0 Å². The fraction of sp³-hybridized carbons (Fsp3) is 0.353. The average Bonchev–Trinajstić information content (AvgIpc) is 2.55. The zero-order chi connectivity index (χ0) is 13.6. The Morgan fingerprint density at radius 1 is 0.950 bits per heavy atom. The number of aryl methyl sites for hydroxylation is 1. The van der Waals surface area contributed by atoms with Crippen LogP contribution in [-0.2, 0) is 15.9 Å². The second kappa shape index (κ2) is 6.64. The molecule has 104 valence electrons. The molecule has 0 spiro atoms. The Bertz CT molecular complexity index is 507. The first-order valence-corrected chi connectivity index (χ1v) is 7.10. The summed E-state index contributed by atoms with van der Waals surface area (Å²) in [5.41, 5.74) is 2.23. The summed E-state index contributed by atoms with van der Waals surface area (Å²) in [6.45, 7) is 1.51. The van der Waals surface area contributed by atoms with Crippen LogP contribution in [0.4, 0.5) is 0 Å². The number of hydrogen-bond donors (Lipinski definition) is 0. The lowest BCUT2D eigenvalue weighted by atomic mass is 10.0. The number of hydrogen-bond acceptors (Lipinski definition) is 3. The molecule has 2 aromatic rings. The van der Waals surface area contributed by atoms with Gasteiger partial charge < -0.3 is 9.47 Å². The van der Waals surface area contributed by atoms with Crippen LogP contribution in [0.5, 0.6) is 0 Å². The SMILES string of the molecule is c1ccc(C2OCC(CCc3ccccn3)CO2)cc1. The lowest BCUT2D eigenvalue weighted by Crippen LogP contribution is -2.27. The maximum absolute atomic E-state index is 5.82. The normalized spacial score (nSPS) is 22.6. The molecule has 1 saturated heterocycles.